The lowest BCUT2D eigenvalue weighted by Crippen LogP contribution is -2.39. The van der Waals surface area contributed by atoms with E-state index in [1.165, 1.54) is 18.2 Å². The molecule has 0 spiro atoms. The largest absolute Gasteiger partial charge is 0.513 e. The molecule has 0 aliphatic heterocycles. The van der Waals surface area contributed by atoms with Crippen LogP contribution in [0.25, 0.3) is 0 Å². The van der Waals surface area contributed by atoms with Gasteiger partial charge >= 0.3 is 24.4 Å². The molecule has 12 heteroatoms. The summed E-state index contributed by atoms with van der Waals surface area (Å²) < 4.78 is 35.1. The van der Waals surface area contributed by atoms with Crippen LogP contribution in [0.3, 0.4) is 0 Å². The Balaban J connectivity index is 2.89. The van der Waals surface area contributed by atoms with Crippen LogP contribution in [0.2, 0.25) is 0 Å². The Hall–Kier alpha value is -3.54. The van der Waals surface area contributed by atoms with Gasteiger partial charge in [-0.1, -0.05) is 19.9 Å². The van der Waals surface area contributed by atoms with Gasteiger partial charge in [-0.3, -0.25) is 4.79 Å². The molecule has 0 amide bonds. The number of esters is 1. The number of ether oxygens (including phenoxy) is 7. The molecule has 1 aromatic rings. The Morgan fingerprint density at radius 1 is 0.778 bits per heavy atom. The number of carbonyl (C=O) groups is 4. The van der Waals surface area contributed by atoms with Crippen molar-refractivity contribution in [2.24, 2.45) is 5.73 Å². The van der Waals surface area contributed by atoms with Gasteiger partial charge in [-0.15, -0.1) is 0 Å². The lowest BCUT2D eigenvalue weighted by Gasteiger charge is -2.22. The average Bonchev–Trinajstić information content (AvgIpc) is 2.82. The first-order valence-electron chi connectivity index (χ1n) is 11.7. The molecule has 1 rings (SSSR count). The summed E-state index contributed by atoms with van der Waals surface area (Å²) in [6, 6.07) is 3.21. The van der Waals surface area contributed by atoms with Crippen molar-refractivity contribution in [3.63, 3.8) is 0 Å². The molecule has 202 valence electrons. The summed E-state index contributed by atoms with van der Waals surface area (Å²) in [5, 5.41) is 0. The van der Waals surface area contributed by atoms with Gasteiger partial charge in [0.2, 0.25) is 0 Å². The first-order chi connectivity index (χ1) is 17.1. The van der Waals surface area contributed by atoms with Gasteiger partial charge < -0.3 is 38.9 Å². The maximum atomic E-state index is 12.5. The molecule has 0 aliphatic carbocycles. The quantitative estimate of drug-likeness (QED) is 0.231. The third kappa shape index (κ3) is 11.3. The zero-order valence-corrected chi connectivity index (χ0v) is 21.3. The molecular weight excluding hydrogens is 478 g/mol. The number of benzene rings is 1. The lowest BCUT2D eigenvalue weighted by molar-refractivity contribution is -0.155. The van der Waals surface area contributed by atoms with Crippen LogP contribution < -0.4 is 15.2 Å². The summed E-state index contributed by atoms with van der Waals surface area (Å²) in [6.07, 6.45) is -3.20. The van der Waals surface area contributed by atoms with Crippen molar-refractivity contribution in [1.82, 2.24) is 0 Å². The minimum Gasteiger partial charge on any atom is -0.458 e. The van der Waals surface area contributed by atoms with Crippen LogP contribution in [0.1, 0.15) is 53.0 Å². The number of hydrogen-bond donors (Lipinski definition) is 1. The summed E-state index contributed by atoms with van der Waals surface area (Å²) in [7, 11) is 0. The van der Waals surface area contributed by atoms with Crippen molar-refractivity contribution in [3.05, 3.63) is 23.8 Å². The van der Waals surface area contributed by atoms with Crippen molar-refractivity contribution in [2.75, 3.05) is 19.8 Å². The molecule has 3 atom stereocenters. The highest BCUT2D eigenvalue weighted by molar-refractivity contribution is 5.76. The standard InChI is InChI=1S/C24H35NO11/c1-6-11-31-23(28)35-19-10-9-17(14-20(19)36-24(29)32-12-7-2)13-18(25)21(26)33-15(4)16(5)34-22(27)30-8-3/h9-10,14-16,18H,6-8,11-13,25H2,1-5H3/t15-,16?,18-/m0/s1. The van der Waals surface area contributed by atoms with E-state index < -0.39 is 42.7 Å². The van der Waals surface area contributed by atoms with Crippen LogP contribution in [0.4, 0.5) is 14.4 Å². The number of rotatable bonds is 13. The van der Waals surface area contributed by atoms with Gasteiger partial charge in [0.15, 0.2) is 11.5 Å². The maximum Gasteiger partial charge on any atom is 0.513 e. The van der Waals surface area contributed by atoms with E-state index >= 15 is 0 Å². The van der Waals surface area contributed by atoms with E-state index in [0.29, 0.717) is 18.4 Å². The van der Waals surface area contributed by atoms with Crippen LogP contribution in [0.15, 0.2) is 18.2 Å². The molecule has 1 aromatic carbocycles. The topological polar surface area (TPSA) is 159 Å². The Morgan fingerprint density at radius 3 is 1.89 bits per heavy atom. The number of hydrogen-bond acceptors (Lipinski definition) is 12. The second-order valence-corrected chi connectivity index (χ2v) is 7.64. The monoisotopic (exact) mass is 513 g/mol. The highest BCUT2D eigenvalue weighted by Crippen LogP contribution is 2.30. The van der Waals surface area contributed by atoms with Crippen LogP contribution in [-0.2, 0) is 34.9 Å². The predicted octanol–water partition coefficient (Wildman–Crippen LogP) is 3.90. The predicted molar refractivity (Wildman–Crippen MR) is 126 cm³/mol. The van der Waals surface area contributed by atoms with Crippen LogP contribution in [0.5, 0.6) is 11.5 Å². The van der Waals surface area contributed by atoms with Gasteiger partial charge in [-0.2, -0.15) is 0 Å². The van der Waals surface area contributed by atoms with Crippen LogP contribution >= 0.6 is 0 Å². The van der Waals surface area contributed by atoms with Crippen LogP contribution in [0, 0.1) is 0 Å². The van der Waals surface area contributed by atoms with E-state index in [-0.39, 0.29) is 37.7 Å². The average molecular weight is 514 g/mol. The fourth-order valence-corrected chi connectivity index (χ4v) is 2.56. The van der Waals surface area contributed by atoms with Crippen molar-refractivity contribution in [2.45, 2.75) is 72.1 Å². The maximum absolute atomic E-state index is 12.5. The van der Waals surface area contributed by atoms with E-state index in [0.717, 1.165) is 0 Å². The van der Waals surface area contributed by atoms with E-state index in [2.05, 4.69) is 0 Å². The third-order valence-electron chi connectivity index (χ3n) is 4.51. The molecule has 36 heavy (non-hydrogen) atoms. The summed E-state index contributed by atoms with van der Waals surface area (Å²) in [5.74, 6) is -0.939. The molecule has 0 saturated carbocycles. The van der Waals surface area contributed by atoms with Gasteiger partial charge in [-0.05, 0) is 57.7 Å². The Kier molecular flexibility index (Phi) is 13.7. The first-order valence-corrected chi connectivity index (χ1v) is 11.7. The number of carbonyl (C=O) groups excluding carboxylic acids is 4. The summed E-state index contributed by atoms with van der Waals surface area (Å²) in [5.41, 5.74) is 6.47. The molecule has 12 nitrogen and oxygen atoms in total. The molecule has 0 aliphatic rings. The molecule has 0 bridgehead atoms. The summed E-state index contributed by atoms with van der Waals surface area (Å²) in [4.78, 5) is 47.7. The van der Waals surface area contributed by atoms with Crippen molar-refractivity contribution >= 4 is 24.4 Å². The van der Waals surface area contributed by atoms with Gasteiger partial charge in [0, 0.05) is 0 Å². The van der Waals surface area contributed by atoms with Crippen LogP contribution in [-0.4, -0.2) is 62.5 Å². The molecule has 2 N–H and O–H groups in total. The van der Waals surface area contributed by atoms with Gasteiger partial charge in [0.25, 0.3) is 0 Å². The van der Waals surface area contributed by atoms with Crippen molar-refractivity contribution in [3.8, 4) is 11.5 Å². The van der Waals surface area contributed by atoms with E-state index in [4.69, 9.17) is 38.9 Å². The Morgan fingerprint density at radius 2 is 1.33 bits per heavy atom. The second-order valence-electron chi connectivity index (χ2n) is 7.64. The fourth-order valence-electron chi connectivity index (χ4n) is 2.56. The number of nitrogens with two attached hydrogens (primary N) is 1. The van der Waals surface area contributed by atoms with Crippen molar-refractivity contribution < 1.29 is 52.3 Å². The molecule has 1 unspecified atom stereocenters. The zero-order valence-electron chi connectivity index (χ0n) is 21.3. The summed E-state index contributed by atoms with van der Waals surface area (Å²) in [6.45, 7) is 8.82. The minimum atomic E-state index is -1.09. The molecule has 0 heterocycles. The molecule has 0 saturated heterocycles. The lowest BCUT2D eigenvalue weighted by atomic mass is 10.1. The fraction of sp³-hybridized carbons (Fsp3) is 0.583. The molecule has 0 aromatic heterocycles. The SMILES string of the molecule is CCCOC(=O)Oc1ccc(C[C@H](N)C(=O)O[C@@H](C)C(C)OC(=O)OCC)cc1OC(=O)OCCC. The van der Waals surface area contributed by atoms with E-state index in [1.54, 1.807) is 20.8 Å². The second kappa shape index (κ2) is 16.2. The highest BCUT2D eigenvalue weighted by Gasteiger charge is 2.25. The van der Waals surface area contributed by atoms with Gasteiger partial charge in [0.1, 0.15) is 18.2 Å². The molecule has 0 fully saturated rings. The smallest absolute Gasteiger partial charge is 0.458 e. The Bertz CT molecular complexity index is 874. The zero-order chi connectivity index (χ0) is 27.1. The minimum absolute atomic E-state index is 0.000400. The van der Waals surface area contributed by atoms with E-state index in [9.17, 15) is 19.2 Å². The van der Waals surface area contributed by atoms with E-state index in [1.807, 2.05) is 13.8 Å². The summed E-state index contributed by atoms with van der Waals surface area (Å²) >= 11 is 0. The molecule has 0 radical (unpaired) electrons. The molecular formula is C24H35NO11. The van der Waals surface area contributed by atoms with Gasteiger partial charge in [0.05, 0.1) is 19.8 Å². The normalized spacial score (nSPS) is 12.9. The first kappa shape index (κ1) is 30.5. The van der Waals surface area contributed by atoms with Crippen molar-refractivity contribution in [1.29, 1.82) is 0 Å². The Labute approximate surface area is 210 Å². The van der Waals surface area contributed by atoms with Gasteiger partial charge in [-0.25, -0.2) is 14.4 Å². The third-order valence-corrected chi connectivity index (χ3v) is 4.51. The highest BCUT2D eigenvalue weighted by atomic mass is 16.7.